The van der Waals surface area contributed by atoms with Crippen molar-refractivity contribution in [2.45, 2.75) is 32.1 Å². The maximum Gasteiger partial charge on any atom is 0.416 e. The summed E-state index contributed by atoms with van der Waals surface area (Å²) in [7, 11) is 0. The molecule has 0 fully saturated rings. The summed E-state index contributed by atoms with van der Waals surface area (Å²) in [5.41, 5.74) is 0.146. The van der Waals surface area contributed by atoms with Crippen LogP contribution in [-0.2, 0) is 11.0 Å². The highest BCUT2D eigenvalue weighted by molar-refractivity contribution is 5.94. The molecule has 0 spiro atoms. The van der Waals surface area contributed by atoms with Gasteiger partial charge in [-0.05, 0) is 32.0 Å². The van der Waals surface area contributed by atoms with Gasteiger partial charge in [-0.25, -0.2) is 0 Å². The second-order valence-corrected chi connectivity index (χ2v) is 5.89. The number of alkyl halides is 3. The second kappa shape index (κ2) is 7.49. The van der Waals surface area contributed by atoms with Gasteiger partial charge >= 0.3 is 6.18 Å². The van der Waals surface area contributed by atoms with Crippen LogP contribution in [0.25, 0.3) is 0 Å². The van der Waals surface area contributed by atoms with Crippen LogP contribution in [0.2, 0.25) is 0 Å². The first kappa shape index (κ1) is 18.0. The van der Waals surface area contributed by atoms with Crippen molar-refractivity contribution in [1.29, 1.82) is 0 Å². The summed E-state index contributed by atoms with van der Waals surface area (Å²) >= 11 is 0. The van der Waals surface area contributed by atoms with Gasteiger partial charge in [-0.2, -0.15) is 13.2 Å². The fraction of sp³-hybridized carbons (Fsp3) is 0.278. The molecule has 0 saturated carbocycles. The molecule has 3 N–H and O–H groups in total. The van der Waals surface area contributed by atoms with Gasteiger partial charge < -0.3 is 10.6 Å². The third-order valence-corrected chi connectivity index (χ3v) is 3.48. The van der Waals surface area contributed by atoms with Gasteiger partial charge in [0.05, 0.1) is 11.6 Å². The average molecular weight is 337 g/mol. The molecule has 6 heteroatoms. The minimum absolute atomic E-state index is 0.132. The van der Waals surface area contributed by atoms with E-state index in [1.807, 2.05) is 49.5 Å². The molecule has 2 aromatic rings. The van der Waals surface area contributed by atoms with Crippen LogP contribution in [0.15, 0.2) is 54.6 Å². The highest BCUT2D eigenvalue weighted by Gasteiger charge is 2.31. The Morgan fingerprint density at radius 2 is 1.71 bits per heavy atom. The first-order chi connectivity index (χ1) is 11.3. The van der Waals surface area contributed by atoms with E-state index in [1.54, 1.807) is 0 Å². The van der Waals surface area contributed by atoms with Gasteiger partial charge in [-0.15, -0.1) is 0 Å². The molecule has 0 aliphatic carbocycles. The molecule has 2 aromatic carbocycles. The summed E-state index contributed by atoms with van der Waals surface area (Å²) < 4.78 is 38.3. The highest BCUT2D eigenvalue weighted by atomic mass is 19.4. The van der Waals surface area contributed by atoms with Crippen LogP contribution >= 0.6 is 0 Å². The molecule has 0 aliphatic rings. The summed E-state index contributed by atoms with van der Waals surface area (Å²) in [6, 6.07) is 13.4. The Hall–Kier alpha value is -2.34. The summed E-state index contributed by atoms with van der Waals surface area (Å²) in [5, 5.41) is 4.46. The lowest BCUT2D eigenvalue weighted by Crippen LogP contribution is -2.91. The number of benzene rings is 2. The number of carbonyl (C=O) groups excluding carboxylic acids is 1. The van der Waals surface area contributed by atoms with E-state index in [0.717, 1.165) is 17.7 Å². The minimum Gasteiger partial charge on any atom is -0.330 e. The number of anilines is 1. The number of amides is 1. The van der Waals surface area contributed by atoms with E-state index in [-0.39, 0.29) is 17.6 Å². The zero-order valence-electron chi connectivity index (χ0n) is 13.5. The second-order valence-electron chi connectivity index (χ2n) is 5.89. The number of hydrogen-bond donors (Lipinski definition) is 2. The number of quaternary nitrogens is 1. The summed E-state index contributed by atoms with van der Waals surface area (Å²) in [5.74, 6) is -0.353. The zero-order chi connectivity index (χ0) is 17.7. The summed E-state index contributed by atoms with van der Waals surface area (Å²) in [4.78, 5) is 12.6. The van der Waals surface area contributed by atoms with Gasteiger partial charge in [-0.3, -0.25) is 4.79 Å². The average Bonchev–Trinajstić information content (AvgIpc) is 2.52. The van der Waals surface area contributed by atoms with Crippen molar-refractivity contribution >= 4 is 11.6 Å². The number of halogens is 3. The molecule has 1 atom stereocenters. The monoisotopic (exact) mass is 337 g/mol. The lowest BCUT2D eigenvalue weighted by atomic mass is 10.0. The zero-order valence-corrected chi connectivity index (χ0v) is 13.5. The molecule has 3 nitrogen and oxygen atoms in total. The maximum atomic E-state index is 12.8. The lowest BCUT2D eigenvalue weighted by molar-refractivity contribution is -0.709. The molecule has 0 bridgehead atoms. The molecule has 0 unspecified atom stereocenters. The molecule has 128 valence electrons. The van der Waals surface area contributed by atoms with E-state index >= 15 is 0 Å². The first-order valence-corrected chi connectivity index (χ1v) is 7.65. The van der Waals surface area contributed by atoms with Crippen molar-refractivity contribution in [2.24, 2.45) is 0 Å². The van der Waals surface area contributed by atoms with Crippen molar-refractivity contribution in [1.82, 2.24) is 0 Å². The van der Waals surface area contributed by atoms with E-state index < -0.39 is 17.8 Å². The Bertz CT molecular complexity index is 684. The maximum absolute atomic E-state index is 12.8. The van der Waals surface area contributed by atoms with Crippen LogP contribution in [0.5, 0.6) is 0 Å². The van der Waals surface area contributed by atoms with Crippen LogP contribution < -0.4 is 10.6 Å². The summed E-state index contributed by atoms with van der Waals surface area (Å²) in [6.45, 7) is 3.90. The molecule has 0 aliphatic heterocycles. The molecule has 24 heavy (non-hydrogen) atoms. The van der Waals surface area contributed by atoms with Gasteiger partial charge in [0.2, 0.25) is 0 Å². The van der Waals surface area contributed by atoms with Crippen LogP contribution in [0.1, 0.15) is 31.0 Å². The van der Waals surface area contributed by atoms with Crippen LogP contribution in [0.3, 0.4) is 0 Å². The molecular weight excluding hydrogens is 317 g/mol. The molecule has 2 rings (SSSR count). The van der Waals surface area contributed by atoms with Crippen LogP contribution in [-0.4, -0.2) is 11.9 Å². The van der Waals surface area contributed by atoms with Crippen molar-refractivity contribution in [3.63, 3.8) is 0 Å². The predicted octanol–water partition coefficient (Wildman–Crippen LogP) is 3.36. The number of hydrogen-bond acceptors (Lipinski definition) is 1. The third-order valence-electron chi connectivity index (χ3n) is 3.48. The summed E-state index contributed by atoms with van der Waals surface area (Å²) in [6.07, 6.45) is -4.44. The lowest BCUT2D eigenvalue weighted by Gasteiger charge is -2.18. The third kappa shape index (κ3) is 4.83. The minimum atomic E-state index is -4.44. The molecule has 0 aromatic heterocycles. The first-order valence-electron chi connectivity index (χ1n) is 7.65. The van der Waals surface area contributed by atoms with Gasteiger partial charge in [-0.1, -0.05) is 36.4 Å². The van der Waals surface area contributed by atoms with E-state index in [1.165, 1.54) is 12.1 Å². The highest BCUT2D eigenvalue weighted by Crippen LogP contribution is 2.30. The topological polar surface area (TPSA) is 45.7 Å². The fourth-order valence-electron chi connectivity index (χ4n) is 2.39. The number of rotatable bonds is 5. The Labute approximate surface area is 138 Å². The van der Waals surface area contributed by atoms with E-state index in [4.69, 9.17) is 0 Å². The van der Waals surface area contributed by atoms with Crippen molar-refractivity contribution in [2.75, 3.05) is 5.32 Å². The fourth-order valence-corrected chi connectivity index (χ4v) is 2.39. The standard InChI is InChI=1S/C18H19F3N2O/c1-12(2)22-16(13-7-4-3-5-8-13)17(24)23-15-10-6-9-14(11-15)18(19,20)21/h3-12,16,22H,1-2H3,(H,23,24)/p+1/t16-/m0/s1. The number of nitrogens with two attached hydrogens (primary N) is 1. The van der Waals surface area contributed by atoms with Gasteiger partial charge in [0.25, 0.3) is 5.91 Å². The molecule has 0 saturated heterocycles. The van der Waals surface area contributed by atoms with Crippen molar-refractivity contribution < 1.29 is 23.3 Å². The Kier molecular flexibility index (Phi) is 5.62. The molecular formula is C18H20F3N2O+. The molecule has 1 amide bonds. The largest absolute Gasteiger partial charge is 0.416 e. The van der Waals surface area contributed by atoms with Crippen molar-refractivity contribution in [3.8, 4) is 0 Å². The Morgan fingerprint density at radius 3 is 2.29 bits per heavy atom. The smallest absolute Gasteiger partial charge is 0.330 e. The number of carbonyl (C=O) groups is 1. The Morgan fingerprint density at radius 1 is 1.04 bits per heavy atom. The Balaban J connectivity index is 2.22. The van der Waals surface area contributed by atoms with E-state index in [2.05, 4.69) is 5.32 Å². The van der Waals surface area contributed by atoms with Gasteiger partial charge in [0, 0.05) is 11.3 Å². The van der Waals surface area contributed by atoms with Gasteiger partial charge in [0.15, 0.2) is 6.04 Å². The SMILES string of the molecule is CC(C)[NH2+][C@H](C(=O)Nc1cccc(C(F)(F)F)c1)c1ccccc1. The quantitative estimate of drug-likeness (QED) is 0.863. The molecule has 0 heterocycles. The van der Waals surface area contributed by atoms with Crippen molar-refractivity contribution in [3.05, 3.63) is 65.7 Å². The van der Waals surface area contributed by atoms with Crippen LogP contribution in [0.4, 0.5) is 18.9 Å². The normalized spacial score (nSPS) is 12.9. The van der Waals surface area contributed by atoms with Gasteiger partial charge in [0.1, 0.15) is 0 Å². The predicted molar refractivity (Wildman–Crippen MR) is 86.3 cm³/mol. The van der Waals surface area contributed by atoms with E-state index in [0.29, 0.717) is 0 Å². The van der Waals surface area contributed by atoms with E-state index in [9.17, 15) is 18.0 Å². The number of nitrogens with one attached hydrogen (secondary N) is 1. The van der Waals surface area contributed by atoms with Crippen LogP contribution in [0, 0.1) is 0 Å². The molecule has 0 radical (unpaired) electrons.